The van der Waals surface area contributed by atoms with Crippen LogP contribution in [-0.4, -0.2) is 12.1 Å². The lowest BCUT2D eigenvalue weighted by Crippen LogP contribution is -1.92. The number of pyridine rings is 1. The molecule has 0 bridgehead atoms. The summed E-state index contributed by atoms with van der Waals surface area (Å²) >= 11 is 11.2. The highest BCUT2D eigenvalue weighted by atomic mass is 35.5. The van der Waals surface area contributed by atoms with Crippen molar-refractivity contribution in [3.05, 3.63) is 22.8 Å². The zero-order chi connectivity index (χ0) is 8.27. The van der Waals surface area contributed by atoms with E-state index in [0.717, 1.165) is 5.56 Å². The lowest BCUT2D eigenvalue weighted by atomic mass is 10.3. The van der Waals surface area contributed by atoms with Gasteiger partial charge in [0.25, 0.3) is 0 Å². The molecule has 0 saturated carbocycles. The normalized spacial score (nSPS) is 9.73. The van der Waals surface area contributed by atoms with E-state index >= 15 is 0 Å². The highest BCUT2D eigenvalue weighted by Crippen LogP contribution is 2.19. The van der Waals surface area contributed by atoms with Crippen molar-refractivity contribution in [2.75, 3.05) is 7.11 Å². The van der Waals surface area contributed by atoms with Gasteiger partial charge in [0.15, 0.2) is 0 Å². The first-order valence-corrected chi connectivity index (χ1v) is 3.94. The van der Waals surface area contributed by atoms with Crippen LogP contribution in [0.5, 0.6) is 5.88 Å². The number of methoxy groups -OCH3 is 1. The Morgan fingerprint density at radius 3 is 2.82 bits per heavy atom. The number of ether oxygens (including phenoxy) is 1. The molecule has 0 unspecified atom stereocenters. The summed E-state index contributed by atoms with van der Waals surface area (Å²) in [6.45, 7) is 0. The number of rotatable bonds is 2. The lowest BCUT2D eigenvalue weighted by molar-refractivity contribution is 0.394. The largest absolute Gasteiger partial charge is 0.481 e. The molecule has 0 atom stereocenters. The minimum atomic E-state index is 0.382. The zero-order valence-corrected chi connectivity index (χ0v) is 7.49. The molecular formula is C7H7Cl2NO. The van der Waals surface area contributed by atoms with Gasteiger partial charge in [0.1, 0.15) is 5.15 Å². The van der Waals surface area contributed by atoms with Gasteiger partial charge in [0.05, 0.1) is 13.0 Å². The van der Waals surface area contributed by atoms with Gasteiger partial charge in [0, 0.05) is 5.56 Å². The molecule has 0 aliphatic heterocycles. The summed E-state index contributed by atoms with van der Waals surface area (Å²) < 4.78 is 4.94. The summed E-state index contributed by atoms with van der Waals surface area (Å²) in [4.78, 5) is 3.92. The number of halogens is 2. The van der Waals surface area contributed by atoms with E-state index in [1.807, 2.05) is 0 Å². The first-order valence-electron chi connectivity index (χ1n) is 3.03. The minimum Gasteiger partial charge on any atom is -0.481 e. The highest BCUT2D eigenvalue weighted by Gasteiger charge is 2.02. The van der Waals surface area contributed by atoms with Gasteiger partial charge in [-0.25, -0.2) is 4.98 Å². The second-order valence-corrected chi connectivity index (χ2v) is 2.59. The van der Waals surface area contributed by atoms with Crippen molar-refractivity contribution < 1.29 is 4.74 Å². The van der Waals surface area contributed by atoms with Crippen LogP contribution in [0.25, 0.3) is 0 Å². The van der Waals surface area contributed by atoms with Crippen molar-refractivity contribution in [3.63, 3.8) is 0 Å². The summed E-state index contributed by atoms with van der Waals surface area (Å²) in [6, 6.07) is 3.48. The monoisotopic (exact) mass is 191 g/mol. The Morgan fingerprint density at radius 1 is 1.55 bits per heavy atom. The summed E-state index contributed by atoms with van der Waals surface area (Å²) in [5, 5.41) is 0.413. The molecule has 11 heavy (non-hydrogen) atoms. The van der Waals surface area contributed by atoms with Gasteiger partial charge < -0.3 is 4.74 Å². The van der Waals surface area contributed by atoms with Crippen LogP contribution in [0.2, 0.25) is 5.15 Å². The molecule has 0 amide bonds. The van der Waals surface area contributed by atoms with E-state index in [1.165, 1.54) is 7.11 Å². The Labute approximate surface area is 75.1 Å². The van der Waals surface area contributed by atoms with Crippen LogP contribution in [0.1, 0.15) is 5.56 Å². The molecule has 1 aromatic heterocycles. The van der Waals surface area contributed by atoms with Crippen molar-refractivity contribution in [1.82, 2.24) is 4.98 Å². The van der Waals surface area contributed by atoms with Crippen LogP contribution < -0.4 is 4.74 Å². The zero-order valence-electron chi connectivity index (χ0n) is 5.97. The van der Waals surface area contributed by atoms with Crippen LogP contribution in [0.15, 0.2) is 12.1 Å². The van der Waals surface area contributed by atoms with E-state index < -0.39 is 0 Å². The number of aromatic nitrogens is 1. The van der Waals surface area contributed by atoms with Crippen LogP contribution in [0, 0.1) is 0 Å². The third-order valence-corrected chi connectivity index (χ3v) is 1.74. The highest BCUT2D eigenvalue weighted by molar-refractivity contribution is 6.29. The summed E-state index contributed by atoms with van der Waals surface area (Å²) in [7, 11) is 1.54. The summed E-state index contributed by atoms with van der Waals surface area (Å²) in [5.41, 5.74) is 0.846. The van der Waals surface area contributed by atoms with Crippen LogP contribution in [0.4, 0.5) is 0 Å². The number of hydrogen-bond donors (Lipinski definition) is 0. The molecule has 0 N–H and O–H groups in total. The maximum atomic E-state index is 5.62. The predicted octanol–water partition coefficient (Wildman–Crippen LogP) is 2.48. The maximum Gasteiger partial charge on any atom is 0.218 e. The van der Waals surface area contributed by atoms with Gasteiger partial charge in [-0.2, -0.15) is 0 Å². The molecule has 0 saturated heterocycles. The number of alkyl halides is 1. The molecule has 0 spiro atoms. The second-order valence-electron chi connectivity index (χ2n) is 1.94. The summed E-state index contributed by atoms with van der Waals surface area (Å²) in [5.74, 6) is 0.875. The SMILES string of the molecule is COc1nc(Cl)ccc1CCl. The molecule has 1 rings (SSSR count). The molecular weight excluding hydrogens is 185 g/mol. The van der Waals surface area contributed by atoms with Gasteiger partial charge in [0.2, 0.25) is 5.88 Å². The first-order chi connectivity index (χ1) is 5.27. The molecule has 0 aliphatic carbocycles. The Hall–Kier alpha value is -0.470. The van der Waals surface area contributed by atoms with E-state index in [9.17, 15) is 0 Å². The van der Waals surface area contributed by atoms with E-state index in [1.54, 1.807) is 12.1 Å². The van der Waals surface area contributed by atoms with Crippen molar-refractivity contribution in [1.29, 1.82) is 0 Å². The Balaban J connectivity index is 3.06. The fourth-order valence-electron chi connectivity index (χ4n) is 0.725. The van der Waals surface area contributed by atoms with Crippen LogP contribution in [0.3, 0.4) is 0 Å². The van der Waals surface area contributed by atoms with E-state index in [-0.39, 0.29) is 0 Å². The van der Waals surface area contributed by atoms with Crippen molar-refractivity contribution in [2.45, 2.75) is 5.88 Å². The van der Waals surface area contributed by atoms with Crippen molar-refractivity contribution in [3.8, 4) is 5.88 Å². The molecule has 0 aliphatic rings. The molecule has 0 radical (unpaired) electrons. The molecule has 2 nitrogen and oxygen atoms in total. The van der Waals surface area contributed by atoms with Crippen molar-refractivity contribution in [2.24, 2.45) is 0 Å². The third-order valence-electron chi connectivity index (χ3n) is 1.24. The van der Waals surface area contributed by atoms with Gasteiger partial charge in [-0.05, 0) is 12.1 Å². The molecule has 0 fully saturated rings. The first kappa shape index (κ1) is 8.62. The van der Waals surface area contributed by atoms with E-state index in [2.05, 4.69) is 4.98 Å². The topological polar surface area (TPSA) is 22.1 Å². The number of hydrogen-bond acceptors (Lipinski definition) is 2. The molecule has 1 heterocycles. The van der Waals surface area contributed by atoms with Crippen molar-refractivity contribution >= 4 is 23.2 Å². The standard InChI is InChI=1S/C7H7Cl2NO/c1-11-7-5(4-8)2-3-6(9)10-7/h2-3H,4H2,1H3. The van der Waals surface area contributed by atoms with E-state index in [4.69, 9.17) is 27.9 Å². The molecule has 60 valence electrons. The van der Waals surface area contributed by atoms with Gasteiger partial charge in [-0.15, -0.1) is 11.6 Å². The minimum absolute atomic E-state index is 0.382. The summed E-state index contributed by atoms with van der Waals surface area (Å²) in [6.07, 6.45) is 0. The number of nitrogens with zero attached hydrogens (tertiary/aromatic N) is 1. The average Bonchev–Trinajstić information content (AvgIpc) is 2.04. The Kier molecular flexibility index (Phi) is 2.97. The quantitative estimate of drug-likeness (QED) is 0.530. The van der Waals surface area contributed by atoms with Gasteiger partial charge in [-0.1, -0.05) is 11.6 Å². The van der Waals surface area contributed by atoms with E-state index in [0.29, 0.717) is 16.9 Å². The smallest absolute Gasteiger partial charge is 0.218 e. The molecule has 0 aromatic carbocycles. The second kappa shape index (κ2) is 3.79. The fraction of sp³-hybridized carbons (Fsp3) is 0.286. The van der Waals surface area contributed by atoms with Gasteiger partial charge in [-0.3, -0.25) is 0 Å². The molecule has 4 heteroatoms. The fourth-order valence-corrected chi connectivity index (χ4v) is 1.07. The van der Waals surface area contributed by atoms with Gasteiger partial charge >= 0.3 is 0 Å². The molecule has 1 aromatic rings. The van der Waals surface area contributed by atoms with Crippen LogP contribution in [-0.2, 0) is 5.88 Å². The maximum absolute atomic E-state index is 5.62. The lowest BCUT2D eigenvalue weighted by Gasteiger charge is -2.03. The van der Waals surface area contributed by atoms with Crippen LogP contribution >= 0.6 is 23.2 Å². The Bertz CT molecular complexity index is 252. The third kappa shape index (κ3) is 1.98. The Morgan fingerprint density at radius 2 is 2.27 bits per heavy atom. The average molecular weight is 192 g/mol. The predicted molar refractivity (Wildman–Crippen MR) is 45.4 cm³/mol.